The molecule has 1 nitrogen and oxygen atoms in total. The minimum Gasteiger partial charge on any atom is -0.365 e. The maximum atomic E-state index is 5.85. The Balaban J connectivity index is 2.00. The lowest BCUT2D eigenvalue weighted by Crippen LogP contribution is -2.01. The Bertz CT molecular complexity index is 447. The zero-order valence-corrected chi connectivity index (χ0v) is 9.75. The van der Waals surface area contributed by atoms with Crippen molar-refractivity contribution in [3.05, 3.63) is 84.4 Å². The van der Waals surface area contributed by atoms with Crippen LogP contribution in [-0.2, 0) is 11.3 Å². The molecule has 0 aromatic heterocycles. The van der Waals surface area contributed by atoms with Crippen molar-refractivity contribution in [3.8, 4) is 0 Å². The van der Waals surface area contributed by atoms with Gasteiger partial charge in [-0.05, 0) is 11.1 Å². The van der Waals surface area contributed by atoms with Crippen molar-refractivity contribution in [1.82, 2.24) is 0 Å². The number of benzene rings is 2. The summed E-state index contributed by atoms with van der Waals surface area (Å²) in [5.74, 6) is 0. The summed E-state index contributed by atoms with van der Waals surface area (Å²) >= 11 is 0. The summed E-state index contributed by atoms with van der Waals surface area (Å²) in [6, 6.07) is 20.3. The predicted octanol–water partition coefficient (Wildman–Crippen LogP) is 4.13. The Morgan fingerprint density at radius 2 is 1.53 bits per heavy atom. The molecule has 0 N–H and O–H groups in total. The maximum absolute atomic E-state index is 5.85. The van der Waals surface area contributed by atoms with E-state index >= 15 is 0 Å². The van der Waals surface area contributed by atoms with Crippen LogP contribution in [0.2, 0.25) is 0 Å². The molecule has 0 saturated heterocycles. The fraction of sp³-hybridized carbons (Fsp3) is 0.125. The van der Waals surface area contributed by atoms with Gasteiger partial charge in [-0.15, -0.1) is 6.58 Å². The second-order valence-corrected chi connectivity index (χ2v) is 3.86. The van der Waals surface area contributed by atoms with Gasteiger partial charge in [0.2, 0.25) is 0 Å². The summed E-state index contributed by atoms with van der Waals surface area (Å²) in [6.45, 7) is 4.43. The lowest BCUT2D eigenvalue weighted by atomic mass is 10.1. The third kappa shape index (κ3) is 3.30. The average Bonchev–Trinajstić information content (AvgIpc) is 2.42. The van der Waals surface area contributed by atoms with E-state index < -0.39 is 0 Å². The normalized spacial score (nSPS) is 12.0. The SMILES string of the molecule is C=C[C@H](OCc1ccccc1)c1ccccc1. The molecule has 0 aliphatic heterocycles. The number of rotatable bonds is 5. The molecule has 1 heteroatoms. The number of hydrogen-bond acceptors (Lipinski definition) is 1. The zero-order chi connectivity index (χ0) is 11.9. The Labute approximate surface area is 102 Å². The largest absolute Gasteiger partial charge is 0.365 e. The van der Waals surface area contributed by atoms with Crippen molar-refractivity contribution in [2.45, 2.75) is 12.7 Å². The average molecular weight is 224 g/mol. The van der Waals surface area contributed by atoms with Crippen LogP contribution in [0.25, 0.3) is 0 Å². The molecule has 0 heterocycles. The standard InChI is InChI=1S/C16H16O/c1-2-16(15-11-7-4-8-12-15)17-13-14-9-5-3-6-10-14/h2-12,16H,1,13H2/t16-/m0/s1. The highest BCUT2D eigenvalue weighted by atomic mass is 16.5. The third-order valence-electron chi connectivity index (χ3n) is 2.61. The van der Waals surface area contributed by atoms with Crippen molar-refractivity contribution >= 4 is 0 Å². The van der Waals surface area contributed by atoms with E-state index in [1.54, 1.807) is 0 Å². The highest BCUT2D eigenvalue weighted by molar-refractivity contribution is 5.21. The van der Waals surface area contributed by atoms with E-state index in [2.05, 4.69) is 30.8 Å². The Morgan fingerprint density at radius 1 is 0.941 bits per heavy atom. The third-order valence-corrected chi connectivity index (χ3v) is 2.61. The molecule has 0 aliphatic rings. The van der Waals surface area contributed by atoms with Crippen molar-refractivity contribution in [2.75, 3.05) is 0 Å². The molecule has 2 rings (SSSR count). The van der Waals surface area contributed by atoms with Gasteiger partial charge in [-0.2, -0.15) is 0 Å². The van der Waals surface area contributed by atoms with Crippen LogP contribution in [0, 0.1) is 0 Å². The first-order chi connectivity index (χ1) is 8.40. The highest BCUT2D eigenvalue weighted by Gasteiger charge is 2.06. The molecule has 1 atom stereocenters. The Kier molecular flexibility index (Phi) is 4.11. The van der Waals surface area contributed by atoms with Gasteiger partial charge in [0.15, 0.2) is 0 Å². The molecule has 86 valence electrons. The molecule has 0 fully saturated rings. The van der Waals surface area contributed by atoms with E-state index in [0.29, 0.717) is 6.61 Å². The lowest BCUT2D eigenvalue weighted by Gasteiger charge is -2.14. The van der Waals surface area contributed by atoms with E-state index in [0.717, 1.165) is 5.56 Å². The van der Waals surface area contributed by atoms with Crippen LogP contribution in [0.4, 0.5) is 0 Å². The Morgan fingerprint density at radius 3 is 2.12 bits per heavy atom. The molecular formula is C16H16O. The van der Waals surface area contributed by atoms with Crippen molar-refractivity contribution in [2.24, 2.45) is 0 Å². The predicted molar refractivity (Wildman–Crippen MR) is 70.6 cm³/mol. The van der Waals surface area contributed by atoms with Gasteiger partial charge in [-0.1, -0.05) is 66.7 Å². The molecule has 0 amide bonds. The van der Waals surface area contributed by atoms with Crippen molar-refractivity contribution in [1.29, 1.82) is 0 Å². The van der Waals surface area contributed by atoms with Crippen LogP contribution in [-0.4, -0.2) is 0 Å². The zero-order valence-electron chi connectivity index (χ0n) is 9.75. The van der Waals surface area contributed by atoms with Crippen LogP contribution < -0.4 is 0 Å². The van der Waals surface area contributed by atoms with E-state index in [9.17, 15) is 0 Å². The van der Waals surface area contributed by atoms with E-state index in [4.69, 9.17) is 4.74 Å². The molecule has 2 aromatic carbocycles. The van der Waals surface area contributed by atoms with Gasteiger partial charge in [0, 0.05) is 0 Å². The first kappa shape index (κ1) is 11.6. The lowest BCUT2D eigenvalue weighted by molar-refractivity contribution is 0.0720. The van der Waals surface area contributed by atoms with E-state index in [-0.39, 0.29) is 6.10 Å². The number of hydrogen-bond donors (Lipinski definition) is 0. The van der Waals surface area contributed by atoms with Crippen LogP contribution in [0.3, 0.4) is 0 Å². The topological polar surface area (TPSA) is 9.23 Å². The molecule has 0 bridgehead atoms. The van der Waals surface area contributed by atoms with E-state index in [1.807, 2.05) is 42.5 Å². The van der Waals surface area contributed by atoms with Crippen molar-refractivity contribution in [3.63, 3.8) is 0 Å². The summed E-state index contributed by atoms with van der Waals surface area (Å²) in [5, 5.41) is 0. The summed E-state index contributed by atoms with van der Waals surface area (Å²) in [7, 11) is 0. The van der Waals surface area contributed by atoms with Gasteiger partial charge >= 0.3 is 0 Å². The maximum Gasteiger partial charge on any atom is 0.101 e. The fourth-order valence-electron chi connectivity index (χ4n) is 1.70. The second-order valence-electron chi connectivity index (χ2n) is 3.86. The first-order valence-electron chi connectivity index (χ1n) is 5.73. The van der Waals surface area contributed by atoms with E-state index in [1.165, 1.54) is 5.56 Å². The first-order valence-corrected chi connectivity index (χ1v) is 5.73. The molecule has 0 unspecified atom stereocenters. The minimum atomic E-state index is -0.0450. The second kappa shape index (κ2) is 6.02. The summed E-state index contributed by atoms with van der Waals surface area (Å²) in [4.78, 5) is 0. The molecule has 2 aromatic rings. The van der Waals surface area contributed by atoms with Gasteiger partial charge < -0.3 is 4.74 Å². The van der Waals surface area contributed by atoms with Crippen LogP contribution in [0.5, 0.6) is 0 Å². The summed E-state index contributed by atoms with van der Waals surface area (Å²) in [6.07, 6.45) is 1.79. The molecule has 17 heavy (non-hydrogen) atoms. The fourth-order valence-corrected chi connectivity index (χ4v) is 1.70. The molecule has 0 aliphatic carbocycles. The molecule has 0 saturated carbocycles. The van der Waals surface area contributed by atoms with Crippen LogP contribution >= 0.6 is 0 Å². The van der Waals surface area contributed by atoms with Gasteiger partial charge in [0.05, 0.1) is 6.61 Å². The van der Waals surface area contributed by atoms with Gasteiger partial charge in [0.25, 0.3) is 0 Å². The summed E-state index contributed by atoms with van der Waals surface area (Å²) < 4.78 is 5.85. The smallest absolute Gasteiger partial charge is 0.101 e. The minimum absolute atomic E-state index is 0.0450. The van der Waals surface area contributed by atoms with Crippen LogP contribution in [0.1, 0.15) is 17.2 Å². The highest BCUT2D eigenvalue weighted by Crippen LogP contribution is 2.19. The molecular weight excluding hydrogens is 208 g/mol. The monoisotopic (exact) mass is 224 g/mol. The molecule has 0 radical (unpaired) electrons. The van der Waals surface area contributed by atoms with Crippen LogP contribution in [0.15, 0.2) is 73.3 Å². The molecule has 0 spiro atoms. The number of ether oxygens (including phenoxy) is 1. The quantitative estimate of drug-likeness (QED) is 0.694. The van der Waals surface area contributed by atoms with Gasteiger partial charge in [-0.3, -0.25) is 0 Å². The summed E-state index contributed by atoms with van der Waals surface area (Å²) in [5.41, 5.74) is 2.31. The van der Waals surface area contributed by atoms with Gasteiger partial charge in [-0.25, -0.2) is 0 Å². The van der Waals surface area contributed by atoms with Crippen molar-refractivity contribution < 1.29 is 4.74 Å². The van der Waals surface area contributed by atoms with Gasteiger partial charge in [0.1, 0.15) is 6.10 Å². The Hall–Kier alpha value is -1.86.